The Bertz CT molecular complexity index is 1010. The minimum Gasteiger partial charge on any atom is -0.326 e. The number of anilines is 2. The molecule has 130 valence electrons. The highest BCUT2D eigenvalue weighted by Gasteiger charge is 2.02. The van der Waals surface area contributed by atoms with E-state index in [0.717, 1.165) is 20.7 Å². The number of rotatable bonds is 6. The van der Waals surface area contributed by atoms with Gasteiger partial charge in [-0.25, -0.2) is 0 Å². The molecule has 3 aromatic carbocycles. The van der Waals surface area contributed by atoms with Crippen molar-refractivity contribution in [3.05, 3.63) is 71.7 Å². The van der Waals surface area contributed by atoms with E-state index in [4.69, 9.17) is 0 Å². The van der Waals surface area contributed by atoms with E-state index in [1.54, 1.807) is 23.3 Å². The van der Waals surface area contributed by atoms with E-state index in [9.17, 15) is 0 Å². The Morgan fingerprint density at radius 2 is 1.50 bits per heavy atom. The molecule has 0 saturated heterocycles. The number of nitrogens with one attached hydrogen (secondary N) is 2. The van der Waals surface area contributed by atoms with Crippen molar-refractivity contribution in [1.29, 1.82) is 0 Å². The molecule has 0 aliphatic heterocycles. The van der Waals surface area contributed by atoms with Gasteiger partial charge in [0, 0.05) is 15.5 Å². The van der Waals surface area contributed by atoms with E-state index in [2.05, 4.69) is 86.4 Å². The summed E-state index contributed by atoms with van der Waals surface area (Å²) in [6.45, 7) is 1.95. The van der Waals surface area contributed by atoms with Gasteiger partial charge in [0.05, 0.1) is 0 Å². The molecule has 1 aromatic heterocycles. The summed E-state index contributed by atoms with van der Waals surface area (Å²) in [6.07, 6.45) is 0. The van der Waals surface area contributed by atoms with Gasteiger partial charge in [-0.15, -0.1) is 10.2 Å². The number of nitrogens with zero attached hydrogens (tertiary/aromatic N) is 2. The first kappa shape index (κ1) is 17.2. The Kier molecular flexibility index (Phi) is 5.29. The van der Waals surface area contributed by atoms with Crippen LogP contribution >= 0.6 is 35.2 Å². The normalized spacial score (nSPS) is 10.8. The maximum absolute atomic E-state index is 4.05. The van der Waals surface area contributed by atoms with Gasteiger partial charge in [0.1, 0.15) is 5.01 Å². The van der Waals surface area contributed by atoms with E-state index < -0.39 is 0 Å². The van der Waals surface area contributed by atoms with Crippen LogP contribution in [0.4, 0.5) is 10.8 Å². The second kappa shape index (κ2) is 7.99. The molecule has 0 aliphatic carbocycles. The largest absolute Gasteiger partial charge is 0.326 e. The molecule has 0 spiro atoms. The molecule has 1 heterocycles. The van der Waals surface area contributed by atoms with Crippen LogP contribution < -0.4 is 9.44 Å². The molecule has 7 heteroatoms. The molecule has 0 aliphatic rings. The van der Waals surface area contributed by atoms with Crippen molar-refractivity contribution >= 4 is 56.8 Å². The van der Waals surface area contributed by atoms with Gasteiger partial charge in [0.2, 0.25) is 5.13 Å². The summed E-state index contributed by atoms with van der Waals surface area (Å²) in [5.74, 6) is 0. The number of hydrogen-bond donors (Lipinski definition) is 2. The fourth-order valence-corrected chi connectivity index (χ4v) is 4.33. The average molecular weight is 397 g/mol. The molecule has 0 atom stereocenters. The third-order valence-corrected chi connectivity index (χ3v) is 6.16. The molecule has 4 nitrogen and oxygen atoms in total. The second-order valence-electron chi connectivity index (χ2n) is 5.57. The molecule has 4 rings (SSSR count). The predicted octanol–water partition coefficient (Wildman–Crippen LogP) is 6.24. The Balaban J connectivity index is 1.34. The highest BCUT2D eigenvalue weighted by atomic mass is 32.2. The molecule has 4 aromatic rings. The maximum Gasteiger partial charge on any atom is 0.215 e. The number of aromatic nitrogens is 2. The Morgan fingerprint density at radius 1 is 0.769 bits per heavy atom. The summed E-state index contributed by atoms with van der Waals surface area (Å²) in [6, 6.07) is 23.2. The van der Waals surface area contributed by atoms with E-state index in [0.29, 0.717) is 0 Å². The second-order valence-corrected chi connectivity index (χ2v) is 8.51. The molecule has 2 N–H and O–H groups in total. The van der Waals surface area contributed by atoms with Crippen molar-refractivity contribution in [1.82, 2.24) is 10.2 Å². The molecular formula is C19H16N4S3. The molecule has 0 amide bonds. The van der Waals surface area contributed by atoms with Crippen LogP contribution in [0, 0.1) is 6.92 Å². The number of benzene rings is 3. The van der Waals surface area contributed by atoms with Crippen molar-refractivity contribution in [2.24, 2.45) is 0 Å². The minimum absolute atomic E-state index is 0.821. The standard InChI is InChI=1S/C19H16N4S3/c1-13-20-21-19(24-13)23-25-17-10-7-16(8-11-17)22-26-18-9-6-14-4-2-3-5-15(14)12-18/h2-12,22H,1H3,(H,21,23). The average Bonchev–Trinajstić information content (AvgIpc) is 3.10. The summed E-state index contributed by atoms with van der Waals surface area (Å²) >= 11 is 4.70. The highest BCUT2D eigenvalue weighted by molar-refractivity contribution is 8.01. The zero-order valence-corrected chi connectivity index (χ0v) is 16.4. The summed E-state index contributed by atoms with van der Waals surface area (Å²) < 4.78 is 6.61. The molecule has 0 unspecified atom stereocenters. The van der Waals surface area contributed by atoms with Gasteiger partial charge in [-0.2, -0.15) is 0 Å². The van der Waals surface area contributed by atoms with Crippen LogP contribution in [0.3, 0.4) is 0 Å². The fraction of sp³-hybridized carbons (Fsp3) is 0.0526. The number of hydrogen-bond acceptors (Lipinski definition) is 7. The SMILES string of the molecule is Cc1nnc(NSc2ccc(NSc3ccc4ccccc4c3)cc2)s1. The summed E-state index contributed by atoms with van der Waals surface area (Å²) in [5, 5.41) is 12.3. The zero-order valence-electron chi connectivity index (χ0n) is 14.0. The zero-order chi connectivity index (χ0) is 17.8. The van der Waals surface area contributed by atoms with Gasteiger partial charge >= 0.3 is 0 Å². The van der Waals surface area contributed by atoms with Crippen LogP contribution in [0.1, 0.15) is 5.01 Å². The Labute approximate surface area is 164 Å². The monoisotopic (exact) mass is 396 g/mol. The van der Waals surface area contributed by atoms with Gasteiger partial charge < -0.3 is 9.44 Å². The van der Waals surface area contributed by atoms with Crippen LogP contribution in [-0.2, 0) is 0 Å². The van der Waals surface area contributed by atoms with Gasteiger partial charge in [-0.3, -0.25) is 0 Å². The van der Waals surface area contributed by atoms with Gasteiger partial charge in [0.15, 0.2) is 0 Å². The molecule has 0 bridgehead atoms. The Hall–Kier alpha value is -2.22. The third-order valence-electron chi connectivity index (χ3n) is 3.64. The van der Waals surface area contributed by atoms with Crippen LogP contribution in [0.25, 0.3) is 10.8 Å². The lowest BCUT2D eigenvalue weighted by molar-refractivity contribution is 1.06. The fourth-order valence-electron chi connectivity index (χ4n) is 2.38. The molecule has 0 saturated carbocycles. The van der Waals surface area contributed by atoms with Crippen LogP contribution in [0.15, 0.2) is 76.5 Å². The highest BCUT2D eigenvalue weighted by Crippen LogP contribution is 2.27. The van der Waals surface area contributed by atoms with Crippen LogP contribution in [-0.4, -0.2) is 10.2 Å². The lowest BCUT2D eigenvalue weighted by Crippen LogP contribution is -1.88. The predicted molar refractivity (Wildman–Crippen MR) is 114 cm³/mol. The Morgan fingerprint density at radius 3 is 2.27 bits per heavy atom. The topological polar surface area (TPSA) is 49.8 Å². The van der Waals surface area contributed by atoms with Crippen molar-refractivity contribution in [3.8, 4) is 0 Å². The summed E-state index contributed by atoms with van der Waals surface area (Å²) in [4.78, 5) is 2.31. The van der Waals surface area contributed by atoms with Gasteiger partial charge in [-0.05, 0) is 78.0 Å². The van der Waals surface area contributed by atoms with Crippen molar-refractivity contribution < 1.29 is 0 Å². The molecule has 26 heavy (non-hydrogen) atoms. The van der Waals surface area contributed by atoms with E-state index >= 15 is 0 Å². The van der Waals surface area contributed by atoms with Crippen LogP contribution in [0.5, 0.6) is 0 Å². The summed E-state index contributed by atoms with van der Waals surface area (Å²) in [7, 11) is 0. The van der Waals surface area contributed by atoms with Crippen LogP contribution in [0.2, 0.25) is 0 Å². The molecule has 0 radical (unpaired) electrons. The maximum atomic E-state index is 4.05. The lowest BCUT2D eigenvalue weighted by atomic mass is 10.1. The first-order valence-corrected chi connectivity index (χ1v) is 10.5. The quantitative estimate of drug-likeness (QED) is 0.376. The first-order chi connectivity index (χ1) is 12.8. The van der Waals surface area contributed by atoms with E-state index in [-0.39, 0.29) is 0 Å². The smallest absolute Gasteiger partial charge is 0.215 e. The van der Waals surface area contributed by atoms with Gasteiger partial charge in [-0.1, -0.05) is 41.7 Å². The summed E-state index contributed by atoms with van der Waals surface area (Å²) in [5.41, 5.74) is 1.07. The molecular weight excluding hydrogens is 380 g/mol. The van der Waals surface area contributed by atoms with Crippen molar-refractivity contribution in [3.63, 3.8) is 0 Å². The van der Waals surface area contributed by atoms with Crippen molar-refractivity contribution in [2.75, 3.05) is 9.44 Å². The molecule has 0 fully saturated rings. The third kappa shape index (κ3) is 4.30. The van der Waals surface area contributed by atoms with Crippen molar-refractivity contribution in [2.45, 2.75) is 16.7 Å². The first-order valence-electron chi connectivity index (χ1n) is 8.01. The minimum atomic E-state index is 0.821. The van der Waals surface area contributed by atoms with E-state index in [1.807, 2.05) is 6.92 Å². The number of aryl methyl sites for hydroxylation is 1. The van der Waals surface area contributed by atoms with E-state index in [1.165, 1.54) is 27.6 Å². The lowest BCUT2D eigenvalue weighted by Gasteiger charge is -2.07. The number of fused-ring (bicyclic) bond motifs is 1. The van der Waals surface area contributed by atoms with Gasteiger partial charge in [0.25, 0.3) is 0 Å².